The summed E-state index contributed by atoms with van der Waals surface area (Å²) >= 11 is 0. The van der Waals surface area contributed by atoms with Crippen LogP contribution in [0, 0.1) is 12.7 Å². The van der Waals surface area contributed by atoms with Gasteiger partial charge in [0.05, 0.1) is 6.04 Å². The van der Waals surface area contributed by atoms with E-state index in [9.17, 15) is 9.18 Å². The van der Waals surface area contributed by atoms with Crippen LogP contribution in [0.3, 0.4) is 0 Å². The molecule has 0 fully saturated rings. The fourth-order valence-corrected chi connectivity index (χ4v) is 1.93. The Balaban J connectivity index is 2.30. The molecule has 1 atom stereocenters. The third kappa shape index (κ3) is 2.49. The minimum Gasteiger partial charge on any atom is -0.322 e. The molecule has 4 heteroatoms. The smallest absolute Gasteiger partial charge is 0.250 e. The maximum atomic E-state index is 13.6. The Bertz CT molecular complexity index is 607. The van der Waals surface area contributed by atoms with Gasteiger partial charge in [0.2, 0.25) is 0 Å². The van der Waals surface area contributed by atoms with Gasteiger partial charge in [-0.1, -0.05) is 24.3 Å². The van der Waals surface area contributed by atoms with E-state index in [4.69, 9.17) is 5.73 Å². The van der Waals surface area contributed by atoms with Gasteiger partial charge in [0.15, 0.2) is 0 Å². The fraction of sp³-hybridized carbons (Fsp3) is 0.214. The van der Waals surface area contributed by atoms with Crippen LogP contribution in [-0.2, 0) is 6.54 Å². The first-order valence-electron chi connectivity index (χ1n) is 5.76. The summed E-state index contributed by atoms with van der Waals surface area (Å²) in [5.74, 6) is -0.341. The molecule has 2 rings (SSSR count). The van der Waals surface area contributed by atoms with Gasteiger partial charge in [-0.3, -0.25) is 4.79 Å². The van der Waals surface area contributed by atoms with Gasteiger partial charge in [0.1, 0.15) is 5.82 Å². The Morgan fingerprint density at radius 1 is 1.22 bits per heavy atom. The van der Waals surface area contributed by atoms with E-state index in [1.54, 1.807) is 28.8 Å². The van der Waals surface area contributed by atoms with E-state index in [1.165, 1.54) is 12.1 Å². The molecule has 0 aliphatic carbocycles. The Hall–Kier alpha value is -1.94. The summed E-state index contributed by atoms with van der Waals surface area (Å²) in [5.41, 5.74) is 7.08. The predicted molar refractivity (Wildman–Crippen MR) is 68.8 cm³/mol. The molecule has 1 aromatic heterocycles. The lowest BCUT2D eigenvalue weighted by Gasteiger charge is -2.16. The Kier molecular flexibility index (Phi) is 3.58. The largest absolute Gasteiger partial charge is 0.322 e. The van der Waals surface area contributed by atoms with Crippen LogP contribution in [0.15, 0.2) is 47.3 Å². The molecule has 94 valence electrons. The maximum Gasteiger partial charge on any atom is 0.250 e. The summed E-state index contributed by atoms with van der Waals surface area (Å²) in [5, 5.41) is 0. The van der Waals surface area contributed by atoms with Crippen molar-refractivity contribution in [3.8, 4) is 0 Å². The molecule has 0 radical (unpaired) electrons. The van der Waals surface area contributed by atoms with Crippen LogP contribution in [0.2, 0.25) is 0 Å². The van der Waals surface area contributed by atoms with Gasteiger partial charge in [-0.25, -0.2) is 4.39 Å². The Labute approximate surface area is 105 Å². The SMILES string of the molecule is Cc1cccc(=O)n1CC(N)c1ccccc1F. The summed E-state index contributed by atoms with van der Waals surface area (Å²) in [6.45, 7) is 2.10. The molecule has 2 N–H and O–H groups in total. The summed E-state index contributed by atoms with van der Waals surface area (Å²) in [6, 6.07) is 10.8. The van der Waals surface area contributed by atoms with E-state index >= 15 is 0 Å². The Morgan fingerprint density at radius 3 is 2.61 bits per heavy atom. The highest BCUT2D eigenvalue weighted by Gasteiger charge is 2.12. The van der Waals surface area contributed by atoms with Crippen molar-refractivity contribution in [1.82, 2.24) is 4.57 Å². The van der Waals surface area contributed by atoms with Gasteiger partial charge < -0.3 is 10.3 Å². The second-order valence-corrected chi connectivity index (χ2v) is 4.24. The van der Waals surface area contributed by atoms with Crippen molar-refractivity contribution in [2.75, 3.05) is 0 Å². The zero-order valence-electron chi connectivity index (χ0n) is 10.1. The van der Waals surface area contributed by atoms with Crippen LogP contribution in [0.1, 0.15) is 17.3 Å². The van der Waals surface area contributed by atoms with Crippen molar-refractivity contribution in [1.29, 1.82) is 0 Å². The number of rotatable bonds is 3. The first-order valence-corrected chi connectivity index (χ1v) is 5.76. The van der Waals surface area contributed by atoms with Crippen LogP contribution < -0.4 is 11.3 Å². The molecule has 0 saturated heterocycles. The minimum atomic E-state index is -0.537. The normalized spacial score (nSPS) is 12.4. The molecule has 0 spiro atoms. The van der Waals surface area contributed by atoms with Crippen LogP contribution in [0.5, 0.6) is 0 Å². The summed E-state index contributed by atoms with van der Waals surface area (Å²) in [7, 11) is 0. The summed E-state index contributed by atoms with van der Waals surface area (Å²) < 4.78 is 15.1. The number of aryl methyl sites for hydroxylation is 1. The molecular weight excluding hydrogens is 231 g/mol. The lowest BCUT2D eigenvalue weighted by Crippen LogP contribution is -2.28. The monoisotopic (exact) mass is 246 g/mol. The number of pyridine rings is 1. The second-order valence-electron chi connectivity index (χ2n) is 4.24. The van der Waals surface area contributed by atoms with Crippen molar-refractivity contribution in [2.24, 2.45) is 5.73 Å². The highest BCUT2D eigenvalue weighted by Crippen LogP contribution is 2.16. The number of halogens is 1. The number of aromatic nitrogens is 1. The summed E-state index contributed by atoms with van der Waals surface area (Å²) in [4.78, 5) is 11.7. The van der Waals surface area contributed by atoms with Gasteiger partial charge in [0.25, 0.3) is 5.56 Å². The average molecular weight is 246 g/mol. The second kappa shape index (κ2) is 5.14. The lowest BCUT2D eigenvalue weighted by molar-refractivity contribution is 0.517. The quantitative estimate of drug-likeness (QED) is 0.900. The lowest BCUT2D eigenvalue weighted by atomic mass is 10.1. The van der Waals surface area contributed by atoms with E-state index in [0.717, 1.165) is 5.69 Å². The van der Waals surface area contributed by atoms with Gasteiger partial charge >= 0.3 is 0 Å². The number of nitrogens with two attached hydrogens (primary N) is 1. The number of hydrogen-bond donors (Lipinski definition) is 1. The van der Waals surface area contributed by atoms with Crippen LogP contribution in [-0.4, -0.2) is 4.57 Å². The van der Waals surface area contributed by atoms with Crippen LogP contribution >= 0.6 is 0 Å². The van der Waals surface area contributed by atoms with Crippen molar-refractivity contribution in [2.45, 2.75) is 19.5 Å². The molecule has 1 heterocycles. The standard InChI is InChI=1S/C14H15FN2O/c1-10-5-4-8-14(18)17(10)9-13(16)11-6-2-3-7-12(11)15/h2-8,13H,9,16H2,1H3. The molecule has 0 aliphatic heterocycles. The molecular formula is C14H15FN2O. The van der Waals surface area contributed by atoms with Crippen LogP contribution in [0.25, 0.3) is 0 Å². The van der Waals surface area contributed by atoms with Crippen molar-refractivity contribution in [3.05, 3.63) is 69.9 Å². The molecule has 0 amide bonds. The maximum absolute atomic E-state index is 13.6. The molecule has 1 unspecified atom stereocenters. The van der Waals surface area contributed by atoms with Crippen molar-refractivity contribution < 1.29 is 4.39 Å². The van der Waals surface area contributed by atoms with E-state index in [1.807, 2.05) is 13.0 Å². The molecule has 18 heavy (non-hydrogen) atoms. The molecule has 0 aliphatic rings. The highest BCUT2D eigenvalue weighted by atomic mass is 19.1. The van der Waals surface area contributed by atoms with E-state index in [2.05, 4.69) is 0 Å². The summed E-state index contributed by atoms with van der Waals surface area (Å²) in [6.07, 6.45) is 0. The fourth-order valence-electron chi connectivity index (χ4n) is 1.93. The van der Waals surface area contributed by atoms with Gasteiger partial charge in [0, 0.05) is 23.9 Å². The van der Waals surface area contributed by atoms with Crippen molar-refractivity contribution in [3.63, 3.8) is 0 Å². The van der Waals surface area contributed by atoms with E-state index in [0.29, 0.717) is 5.56 Å². The average Bonchev–Trinajstić information content (AvgIpc) is 2.34. The highest BCUT2D eigenvalue weighted by molar-refractivity contribution is 5.21. The number of nitrogens with zero attached hydrogens (tertiary/aromatic N) is 1. The Morgan fingerprint density at radius 2 is 1.94 bits per heavy atom. The molecule has 0 bridgehead atoms. The van der Waals surface area contributed by atoms with Crippen molar-refractivity contribution >= 4 is 0 Å². The van der Waals surface area contributed by atoms with Gasteiger partial charge in [-0.2, -0.15) is 0 Å². The van der Waals surface area contributed by atoms with E-state index < -0.39 is 6.04 Å². The third-order valence-corrected chi connectivity index (χ3v) is 2.95. The number of benzene rings is 1. The molecule has 3 nitrogen and oxygen atoms in total. The van der Waals surface area contributed by atoms with Gasteiger partial charge in [-0.05, 0) is 19.1 Å². The molecule has 1 aromatic carbocycles. The predicted octanol–water partition coefficient (Wildman–Crippen LogP) is 2.00. The zero-order chi connectivity index (χ0) is 13.1. The third-order valence-electron chi connectivity index (χ3n) is 2.95. The van der Waals surface area contributed by atoms with E-state index in [-0.39, 0.29) is 17.9 Å². The van der Waals surface area contributed by atoms with Gasteiger partial charge in [-0.15, -0.1) is 0 Å². The minimum absolute atomic E-state index is 0.123. The first kappa shape index (κ1) is 12.5. The topological polar surface area (TPSA) is 48.0 Å². The van der Waals surface area contributed by atoms with Crippen LogP contribution in [0.4, 0.5) is 4.39 Å². The first-order chi connectivity index (χ1) is 8.59. The zero-order valence-corrected chi connectivity index (χ0v) is 10.1. The molecule has 0 saturated carbocycles. The number of hydrogen-bond acceptors (Lipinski definition) is 2. The molecule has 2 aromatic rings.